The minimum Gasteiger partial charge on any atom is -0.360 e. The maximum Gasteiger partial charge on any atom is 0.246 e. The second-order valence-corrected chi connectivity index (χ2v) is 7.04. The standard InChI is InChI=1S/C15H20N2O3S/c1-10(2)14-8-6-5-7-13(14)9-16-21(18,19)15-11(3)17-20-12(15)4/h5-8,10,16H,9H2,1-4H3. The number of nitrogens with zero attached hydrogens (tertiary/aromatic N) is 1. The van der Waals surface area contributed by atoms with Crippen molar-refractivity contribution in [1.29, 1.82) is 0 Å². The summed E-state index contributed by atoms with van der Waals surface area (Å²) >= 11 is 0. The van der Waals surface area contributed by atoms with Gasteiger partial charge in [0, 0.05) is 6.54 Å². The van der Waals surface area contributed by atoms with E-state index in [1.165, 1.54) is 0 Å². The predicted octanol–water partition coefficient (Wildman–Crippen LogP) is 2.89. The molecule has 21 heavy (non-hydrogen) atoms. The van der Waals surface area contributed by atoms with E-state index < -0.39 is 10.0 Å². The average molecular weight is 308 g/mol. The minimum absolute atomic E-state index is 0.129. The summed E-state index contributed by atoms with van der Waals surface area (Å²) in [5.41, 5.74) is 2.49. The van der Waals surface area contributed by atoms with Gasteiger partial charge in [0.05, 0.1) is 0 Å². The van der Waals surface area contributed by atoms with Crippen LogP contribution in [0.25, 0.3) is 0 Å². The monoisotopic (exact) mass is 308 g/mol. The van der Waals surface area contributed by atoms with Gasteiger partial charge in [0.2, 0.25) is 10.0 Å². The van der Waals surface area contributed by atoms with Crippen molar-refractivity contribution in [1.82, 2.24) is 9.88 Å². The van der Waals surface area contributed by atoms with Gasteiger partial charge in [-0.2, -0.15) is 0 Å². The van der Waals surface area contributed by atoms with E-state index in [1.807, 2.05) is 24.3 Å². The Morgan fingerprint density at radius 3 is 2.48 bits per heavy atom. The van der Waals surface area contributed by atoms with Crippen LogP contribution in [-0.4, -0.2) is 13.6 Å². The zero-order valence-corrected chi connectivity index (χ0v) is 13.5. The highest BCUT2D eigenvalue weighted by Gasteiger charge is 2.24. The molecule has 2 rings (SSSR count). The second-order valence-electron chi connectivity index (χ2n) is 5.33. The molecule has 5 nitrogen and oxygen atoms in total. The van der Waals surface area contributed by atoms with Crippen LogP contribution in [-0.2, 0) is 16.6 Å². The third-order valence-electron chi connectivity index (χ3n) is 3.37. The Labute approximate surface area is 125 Å². The lowest BCUT2D eigenvalue weighted by molar-refractivity contribution is 0.390. The van der Waals surface area contributed by atoms with Gasteiger partial charge in [-0.1, -0.05) is 43.3 Å². The number of rotatable bonds is 5. The number of aryl methyl sites for hydroxylation is 2. The molecule has 1 aromatic heterocycles. The molecule has 0 atom stereocenters. The fourth-order valence-electron chi connectivity index (χ4n) is 2.36. The number of sulfonamides is 1. The fourth-order valence-corrected chi connectivity index (χ4v) is 3.69. The molecule has 2 aromatic rings. The highest BCUT2D eigenvalue weighted by Crippen LogP contribution is 2.21. The molecular formula is C15H20N2O3S. The van der Waals surface area contributed by atoms with Gasteiger partial charge < -0.3 is 4.52 Å². The predicted molar refractivity (Wildman–Crippen MR) is 80.5 cm³/mol. The van der Waals surface area contributed by atoms with Crippen LogP contribution >= 0.6 is 0 Å². The first-order chi connectivity index (χ1) is 9.83. The van der Waals surface area contributed by atoms with Crippen LogP contribution in [0, 0.1) is 13.8 Å². The first kappa shape index (κ1) is 15.7. The van der Waals surface area contributed by atoms with Crippen LogP contribution in [0.1, 0.15) is 42.3 Å². The molecule has 1 N–H and O–H groups in total. The number of aromatic nitrogens is 1. The summed E-state index contributed by atoms with van der Waals surface area (Å²) in [6, 6.07) is 7.82. The summed E-state index contributed by atoms with van der Waals surface area (Å²) in [4.78, 5) is 0.129. The van der Waals surface area contributed by atoms with E-state index in [1.54, 1.807) is 13.8 Å². The molecule has 0 unspecified atom stereocenters. The molecule has 0 radical (unpaired) electrons. The third-order valence-corrected chi connectivity index (χ3v) is 5.01. The van der Waals surface area contributed by atoms with Crippen molar-refractivity contribution in [3.63, 3.8) is 0 Å². The number of benzene rings is 1. The maximum absolute atomic E-state index is 12.4. The zero-order valence-electron chi connectivity index (χ0n) is 12.7. The molecular weight excluding hydrogens is 288 g/mol. The zero-order chi connectivity index (χ0) is 15.6. The summed E-state index contributed by atoms with van der Waals surface area (Å²) in [6.45, 7) is 7.63. The number of hydrogen-bond acceptors (Lipinski definition) is 4. The van der Waals surface area contributed by atoms with Gasteiger partial charge in [0.15, 0.2) is 5.76 Å². The number of nitrogens with one attached hydrogen (secondary N) is 1. The molecule has 0 amide bonds. The van der Waals surface area contributed by atoms with E-state index in [0.717, 1.165) is 11.1 Å². The van der Waals surface area contributed by atoms with E-state index in [2.05, 4.69) is 23.7 Å². The topological polar surface area (TPSA) is 72.2 Å². The van der Waals surface area contributed by atoms with Crippen molar-refractivity contribution < 1.29 is 12.9 Å². The smallest absolute Gasteiger partial charge is 0.246 e. The first-order valence-electron chi connectivity index (χ1n) is 6.83. The largest absolute Gasteiger partial charge is 0.360 e. The van der Waals surface area contributed by atoms with E-state index in [9.17, 15) is 8.42 Å². The molecule has 0 spiro atoms. The van der Waals surface area contributed by atoms with Gasteiger partial charge in [0.1, 0.15) is 10.6 Å². The molecule has 0 saturated carbocycles. The second kappa shape index (κ2) is 5.99. The van der Waals surface area contributed by atoms with Gasteiger partial charge >= 0.3 is 0 Å². The first-order valence-corrected chi connectivity index (χ1v) is 8.31. The van der Waals surface area contributed by atoms with Crippen LogP contribution in [0.2, 0.25) is 0 Å². The van der Waals surface area contributed by atoms with Crippen molar-refractivity contribution in [3.05, 3.63) is 46.8 Å². The summed E-state index contributed by atoms with van der Waals surface area (Å²) in [6.07, 6.45) is 0. The average Bonchev–Trinajstić information content (AvgIpc) is 2.77. The molecule has 0 aliphatic rings. The van der Waals surface area contributed by atoms with Crippen molar-refractivity contribution in [3.8, 4) is 0 Å². The Bertz CT molecular complexity index is 714. The molecule has 0 saturated heterocycles. The Kier molecular flexibility index (Phi) is 4.49. The van der Waals surface area contributed by atoms with Crippen molar-refractivity contribution >= 4 is 10.0 Å². The van der Waals surface area contributed by atoms with Crippen molar-refractivity contribution in [2.45, 2.75) is 45.1 Å². The quantitative estimate of drug-likeness (QED) is 0.922. The Balaban J connectivity index is 2.24. The molecule has 1 heterocycles. The maximum atomic E-state index is 12.4. The fraction of sp³-hybridized carbons (Fsp3) is 0.400. The van der Waals surface area contributed by atoms with Crippen molar-refractivity contribution in [2.75, 3.05) is 0 Å². The summed E-state index contributed by atoms with van der Waals surface area (Å²) in [7, 11) is -3.63. The molecule has 0 aliphatic heterocycles. The summed E-state index contributed by atoms with van der Waals surface area (Å²) in [5, 5.41) is 3.69. The highest BCUT2D eigenvalue weighted by molar-refractivity contribution is 7.89. The van der Waals surface area contributed by atoms with Crippen LogP contribution in [0.3, 0.4) is 0 Å². The Hall–Kier alpha value is -1.66. The minimum atomic E-state index is -3.63. The molecule has 0 bridgehead atoms. The van der Waals surface area contributed by atoms with E-state index in [0.29, 0.717) is 17.4 Å². The van der Waals surface area contributed by atoms with Gasteiger partial charge in [-0.15, -0.1) is 0 Å². The third kappa shape index (κ3) is 3.33. The highest BCUT2D eigenvalue weighted by atomic mass is 32.2. The molecule has 0 aliphatic carbocycles. The molecule has 6 heteroatoms. The Morgan fingerprint density at radius 2 is 1.90 bits per heavy atom. The van der Waals surface area contributed by atoms with E-state index >= 15 is 0 Å². The number of hydrogen-bond donors (Lipinski definition) is 1. The Morgan fingerprint density at radius 1 is 1.24 bits per heavy atom. The van der Waals surface area contributed by atoms with Crippen LogP contribution < -0.4 is 4.72 Å². The lowest BCUT2D eigenvalue weighted by atomic mass is 9.97. The van der Waals surface area contributed by atoms with E-state index in [4.69, 9.17) is 4.52 Å². The molecule has 1 aromatic carbocycles. The lowest BCUT2D eigenvalue weighted by Crippen LogP contribution is -2.24. The van der Waals surface area contributed by atoms with Gasteiger partial charge in [-0.25, -0.2) is 13.1 Å². The normalized spacial score (nSPS) is 12.0. The molecule has 0 fully saturated rings. The van der Waals surface area contributed by atoms with Crippen LogP contribution in [0.15, 0.2) is 33.7 Å². The van der Waals surface area contributed by atoms with Gasteiger partial charge in [-0.05, 0) is 30.9 Å². The van der Waals surface area contributed by atoms with Crippen molar-refractivity contribution in [2.24, 2.45) is 0 Å². The summed E-state index contributed by atoms with van der Waals surface area (Å²) < 4.78 is 32.3. The van der Waals surface area contributed by atoms with E-state index in [-0.39, 0.29) is 11.4 Å². The summed E-state index contributed by atoms with van der Waals surface area (Å²) in [5.74, 6) is 0.641. The molecule has 114 valence electrons. The lowest BCUT2D eigenvalue weighted by Gasteiger charge is -2.13. The van der Waals surface area contributed by atoms with Gasteiger partial charge in [-0.3, -0.25) is 0 Å². The SMILES string of the molecule is Cc1noc(C)c1S(=O)(=O)NCc1ccccc1C(C)C. The van der Waals surface area contributed by atoms with Gasteiger partial charge in [0.25, 0.3) is 0 Å². The van der Waals surface area contributed by atoms with Crippen LogP contribution in [0.5, 0.6) is 0 Å². The van der Waals surface area contributed by atoms with Crippen LogP contribution in [0.4, 0.5) is 0 Å².